The van der Waals surface area contributed by atoms with Crippen LogP contribution in [-0.2, 0) is 17.6 Å². The number of fused-ring (bicyclic) bond motifs is 3. The molecule has 194 valence electrons. The molecule has 2 saturated heterocycles. The van der Waals surface area contributed by atoms with Crippen molar-refractivity contribution in [3.8, 4) is 5.75 Å². The Morgan fingerprint density at radius 1 is 1.08 bits per heavy atom. The van der Waals surface area contributed by atoms with E-state index < -0.39 is 6.10 Å². The van der Waals surface area contributed by atoms with Crippen molar-refractivity contribution in [2.24, 2.45) is 0 Å². The molecule has 2 unspecified atom stereocenters. The molecule has 36 heavy (non-hydrogen) atoms. The van der Waals surface area contributed by atoms with E-state index in [0.717, 1.165) is 25.7 Å². The molecule has 1 aliphatic carbocycles. The number of hydrogen-bond donors (Lipinski definition) is 3. The third-order valence-electron chi connectivity index (χ3n) is 7.36. The number of hydrogen-bond acceptors (Lipinski definition) is 6. The molecule has 2 fully saturated rings. The maximum atomic E-state index is 13.2. The van der Waals surface area contributed by atoms with Crippen molar-refractivity contribution in [3.05, 3.63) is 64.7 Å². The zero-order valence-corrected chi connectivity index (χ0v) is 21.3. The van der Waals surface area contributed by atoms with Crippen molar-refractivity contribution in [1.29, 1.82) is 0 Å². The Balaban J connectivity index is 0.00000304. The molecule has 0 saturated carbocycles. The highest BCUT2D eigenvalue weighted by Gasteiger charge is 2.40. The zero-order chi connectivity index (χ0) is 24.4. The third kappa shape index (κ3) is 5.52. The van der Waals surface area contributed by atoms with Crippen LogP contribution >= 0.6 is 12.4 Å². The summed E-state index contributed by atoms with van der Waals surface area (Å²) in [7, 11) is 1.48. The van der Waals surface area contributed by atoms with Gasteiger partial charge in [0.1, 0.15) is 5.75 Å². The number of nitrogens with zero attached hydrogens (tertiary/aromatic N) is 1. The van der Waals surface area contributed by atoms with Gasteiger partial charge in [0.25, 0.3) is 11.8 Å². The fourth-order valence-corrected chi connectivity index (χ4v) is 5.50. The van der Waals surface area contributed by atoms with Gasteiger partial charge in [-0.05, 0) is 55.0 Å². The predicted molar refractivity (Wildman–Crippen MR) is 138 cm³/mol. The largest absolute Gasteiger partial charge is 0.496 e. The molecule has 0 aromatic heterocycles. The summed E-state index contributed by atoms with van der Waals surface area (Å²) in [6.07, 6.45) is 3.09. The SMILES string of the molecule is COc1cc(C(=O)N2C3CCC2COC3)ccc1C(=O)NC[C@@H](O)CNC1Cc2ccccc2C1.Cl. The first-order chi connectivity index (χ1) is 17.0. The summed E-state index contributed by atoms with van der Waals surface area (Å²) in [4.78, 5) is 27.9. The standard InChI is InChI=1S/C27H33N3O5.ClH/c1-34-25-12-19(27(33)30-21-7-8-22(30)16-35-15-21)6-9-24(25)26(32)29-14-23(31)13-28-20-10-17-4-2-3-5-18(17)11-20;/h2-6,9,12,20-23,28,31H,7-8,10-11,13-16H2,1H3,(H,29,32);1H/t21?,22?,23-;/m0./s1. The molecule has 3 aliphatic rings. The van der Waals surface area contributed by atoms with Gasteiger partial charge in [-0.25, -0.2) is 0 Å². The van der Waals surface area contributed by atoms with Crippen LogP contribution in [0.4, 0.5) is 0 Å². The molecular weight excluding hydrogens is 482 g/mol. The number of carbonyl (C=O) groups excluding carboxylic acids is 2. The minimum Gasteiger partial charge on any atom is -0.496 e. The van der Waals surface area contributed by atoms with E-state index in [-0.39, 0.29) is 42.8 Å². The van der Waals surface area contributed by atoms with E-state index in [0.29, 0.717) is 42.7 Å². The van der Waals surface area contributed by atoms with E-state index in [1.165, 1.54) is 18.2 Å². The van der Waals surface area contributed by atoms with Crippen LogP contribution in [0.1, 0.15) is 44.7 Å². The quantitative estimate of drug-likeness (QED) is 0.497. The lowest BCUT2D eigenvalue weighted by Crippen LogP contribution is -2.49. The lowest BCUT2D eigenvalue weighted by atomic mass is 10.1. The van der Waals surface area contributed by atoms with E-state index in [2.05, 4.69) is 34.9 Å². The Labute approximate surface area is 217 Å². The van der Waals surface area contributed by atoms with Crippen molar-refractivity contribution in [2.45, 2.75) is 49.9 Å². The number of aliphatic hydroxyl groups excluding tert-OH is 1. The minimum absolute atomic E-state index is 0. The van der Waals surface area contributed by atoms with Gasteiger partial charge < -0.3 is 30.1 Å². The maximum absolute atomic E-state index is 13.2. The second-order valence-electron chi connectivity index (χ2n) is 9.70. The number of nitrogens with one attached hydrogen (secondary N) is 2. The van der Waals surface area contributed by atoms with Gasteiger partial charge in [-0.3, -0.25) is 9.59 Å². The number of aliphatic hydroxyl groups is 1. The van der Waals surface area contributed by atoms with Crippen molar-refractivity contribution < 1.29 is 24.2 Å². The van der Waals surface area contributed by atoms with Crippen LogP contribution in [0.15, 0.2) is 42.5 Å². The molecule has 2 aromatic rings. The van der Waals surface area contributed by atoms with Crippen LogP contribution in [0.2, 0.25) is 0 Å². The van der Waals surface area contributed by atoms with Crippen LogP contribution in [0.3, 0.4) is 0 Å². The third-order valence-corrected chi connectivity index (χ3v) is 7.36. The Morgan fingerprint density at radius 2 is 1.75 bits per heavy atom. The molecule has 2 aliphatic heterocycles. The first kappa shape index (κ1) is 26.4. The Morgan fingerprint density at radius 3 is 2.39 bits per heavy atom. The van der Waals surface area contributed by atoms with Gasteiger partial charge in [-0.15, -0.1) is 12.4 Å². The fraction of sp³-hybridized carbons (Fsp3) is 0.481. The number of morpholine rings is 1. The van der Waals surface area contributed by atoms with E-state index in [4.69, 9.17) is 9.47 Å². The molecule has 2 heterocycles. The number of halogens is 1. The summed E-state index contributed by atoms with van der Waals surface area (Å²) < 4.78 is 11.0. The number of carbonyl (C=O) groups is 2. The summed E-state index contributed by atoms with van der Waals surface area (Å²) in [5, 5.41) is 16.6. The van der Waals surface area contributed by atoms with Crippen molar-refractivity contribution in [3.63, 3.8) is 0 Å². The van der Waals surface area contributed by atoms with Crippen LogP contribution in [0.25, 0.3) is 0 Å². The molecule has 5 rings (SSSR count). The van der Waals surface area contributed by atoms with Gasteiger partial charge in [0, 0.05) is 24.7 Å². The van der Waals surface area contributed by atoms with Crippen molar-refractivity contribution in [2.75, 3.05) is 33.4 Å². The number of benzene rings is 2. The van der Waals surface area contributed by atoms with Crippen molar-refractivity contribution in [1.82, 2.24) is 15.5 Å². The zero-order valence-electron chi connectivity index (χ0n) is 20.4. The fourth-order valence-electron chi connectivity index (χ4n) is 5.50. The minimum atomic E-state index is -0.716. The molecule has 9 heteroatoms. The molecule has 2 bridgehead atoms. The second-order valence-corrected chi connectivity index (χ2v) is 9.70. The molecule has 3 atom stereocenters. The van der Waals surface area contributed by atoms with Gasteiger partial charge in [0.15, 0.2) is 0 Å². The number of ether oxygens (including phenoxy) is 2. The van der Waals surface area contributed by atoms with Gasteiger partial charge in [-0.2, -0.15) is 0 Å². The summed E-state index contributed by atoms with van der Waals surface area (Å²) in [5.41, 5.74) is 3.53. The highest BCUT2D eigenvalue weighted by atomic mass is 35.5. The summed E-state index contributed by atoms with van der Waals surface area (Å²) in [6, 6.07) is 13.8. The average molecular weight is 516 g/mol. The highest BCUT2D eigenvalue weighted by molar-refractivity contribution is 6.00. The lowest BCUT2D eigenvalue weighted by Gasteiger charge is -2.34. The van der Waals surface area contributed by atoms with Gasteiger partial charge in [-0.1, -0.05) is 24.3 Å². The van der Waals surface area contributed by atoms with Crippen molar-refractivity contribution >= 4 is 24.2 Å². The van der Waals surface area contributed by atoms with Crippen LogP contribution in [0.5, 0.6) is 5.75 Å². The molecule has 0 radical (unpaired) electrons. The average Bonchev–Trinajstić information content (AvgIpc) is 3.41. The highest BCUT2D eigenvalue weighted by Crippen LogP contribution is 2.31. The van der Waals surface area contributed by atoms with Gasteiger partial charge in [0.05, 0.1) is 44.1 Å². The summed E-state index contributed by atoms with van der Waals surface area (Å²) in [5.74, 6) is -0.0634. The number of rotatable bonds is 8. The number of amides is 2. The Hall–Kier alpha value is -2.65. The molecule has 8 nitrogen and oxygen atoms in total. The maximum Gasteiger partial charge on any atom is 0.255 e. The van der Waals surface area contributed by atoms with Gasteiger partial charge >= 0.3 is 0 Å². The lowest BCUT2D eigenvalue weighted by molar-refractivity contribution is -0.00717. The number of methoxy groups -OCH3 is 1. The Kier molecular flexibility index (Phi) is 8.51. The van der Waals surface area contributed by atoms with Gasteiger partial charge in [0.2, 0.25) is 0 Å². The summed E-state index contributed by atoms with van der Waals surface area (Å²) >= 11 is 0. The molecule has 0 spiro atoms. The van der Waals surface area contributed by atoms with Crippen LogP contribution in [-0.4, -0.2) is 79.5 Å². The van der Waals surface area contributed by atoms with Crippen LogP contribution < -0.4 is 15.4 Å². The molecule has 2 aromatic carbocycles. The molecule has 2 amide bonds. The topological polar surface area (TPSA) is 100 Å². The first-order valence-electron chi connectivity index (χ1n) is 12.4. The predicted octanol–water partition coefficient (Wildman–Crippen LogP) is 1.97. The normalized spacial score (nSPS) is 21.4. The molecular formula is C27H34ClN3O5. The van der Waals surface area contributed by atoms with E-state index in [1.807, 2.05) is 4.90 Å². The van der Waals surface area contributed by atoms with E-state index in [9.17, 15) is 14.7 Å². The monoisotopic (exact) mass is 515 g/mol. The summed E-state index contributed by atoms with van der Waals surface area (Å²) in [6.45, 7) is 1.66. The van der Waals surface area contributed by atoms with E-state index in [1.54, 1.807) is 18.2 Å². The smallest absolute Gasteiger partial charge is 0.255 e. The van der Waals surface area contributed by atoms with E-state index >= 15 is 0 Å². The second kappa shape index (κ2) is 11.6. The Bertz CT molecular complexity index is 1060. The molecule has 3 N–H and O–H groups in total. The first-order valence-corrected chi connectivity index (χ1v) is 12.4. The van der Waals surface area contributed by atoms with Crippen LogP contribution in [0, 0.1) is 0 Å².